The second-order valence-electron chi connectivity index (χ2n) is 11.4. The number of fused-ring (bicyclic) bond motifs is 1. The van der Waals surface area contributed by atoms with E-state index in [-0.39, 0.29) is 17.1 Å². The zero-order valence-electron chi connectivity index (χ0n) is 23.0. The molecule has 4 aromatic rings. The molecule has 1 fully saturated rings. The predicted molar refractivity (Wildman–Crippen MR) is 148 cm³/mol. The number of nitrogens with zero attached hydrogens (tertiary/aromatic N) is 6. The van der Waals surface area contributed by atoms with Crippen molar-refractivity contribution in [1.82, 2.24) is 30.1 Å². The Kier molecular flexibility index (Phi) is 6.40. The van der Waals surface area contributed by atoms with Gasteiger partial charge in [0.25, 0.3) is 5.56 Å². The van der Waals surface area contributed by atoms with Crippen LogP contribution in [0.2, 0.25) is 0 Å². The molecule has 8 heteroatoms. The van der Waals surface area contributed by atoms with Gasteiger partial charge < -0.3 is 9.88 Å². The number of hydrogen-bond donors (Lipinski definition) is 1. The minimum Gasteiger partial charge on any atom is -0.369 e. The quantitative estimate of drug-likeness (QED) is 0.448. The van der Waals surface area contributed by atoms with Crippen molar-refractivity contribution < 1.29 is 0 Å². The van der Waals surface area contributed by atoms with E-state index in [1.165, 1.54) is 16.8 Å². The van der Waals surface area contributed by atoms with E-state index < -0.39 is 0 Å². The molecular weight excluding hydrogens is 462 g/mol. The molecule has 0 amide bonds. The van der Waals surface area contributed by atoms with Crippen LogP contribution in [0.25, 0.3) is 10.9 Å². The van der Waals surface area contributed by atoms with E-state index in [9.17, 15) is 4.79 Å². The van der Waals surface area contributed by atoms with E-state index >= 15 is 0 Å². The maximum atomic E-state index is 13.6. The summed E-state index contributed by atoms with van der Waals surface area (Å²) in [4.78, 5) is 21.6. The van der Waals surface area contributed by atoms with Crippen molar-refractivity contribution in [3.8, 4) is 0 Å². The molecule has 0 radical (unpaired) electrons. The lowest BCUT2D eigenvalue weighted by Gasteiger charge is -2.40. The number of tetrazole rings is 1. The molecule has 0 spiro atoms. The summed E-state index contributed by atoms with van der Waals surface area (Å²) in [6, 6.07) is 12.4. The number of aromatic amines is 1. The van der Waals surface area contributed by atoms with Gasteiger partial charge in [0, 0.05) is 48.3 Å². The molecule has 1 atom stereocenters. The van der Waals surface area contributed by atoms with E-state index in [4.69, 9.17) is 0 Å². The lowest BCUT2D eigenvalue weighted by Crippen LogP contribution is -2.49. The molecule has 1 aliphatic rings. The minimum atomic E-state index is -0.358. The number of aromatic nitrogens is 5. The fraction of sp³-hybridized carbons (Fsp3) is 0.448. The molecule has 1 saturated heterocycles. The lowest BCUT2D eigenvalue weighted by atomic mass is 9.98. The topological polar surface area (TPSA) is 82.9 Å². The van der Waals surface area contributed by atoms with Gasteiger partial charge in [0.05, 0.1) is 5.54 Å². The van der Waals surface area contributed by atoms with Crippen LogP contribution in [-0.2, 0) is 5.54 Å². The van der Waals surface area contributed by atoms with Crippen LogP contribution in [0.5, 0.6) is 0 Å². The SMILES string of the molecule is Cc1cc(C)c2cc(C(c3nnnn3C(C)(C)C)N3CCN(c4cccc(C)c4C)CC3)c(=O)[nH]c2c1. The van der Waals surface area contributed by atoms with E-state index in [1.807, 2.05) is 23.7 Å². The summed E-state index contributed by atoms with van der Waals surface area (Å²) in [7, 11) is 0. The van der Waals surface area contributed by atoms with Gasteiger partial charge in [0.15, 0.2) is 5.82 Å². The molecule has 1 N–H and O–H groups in total. The zero-order valence-corrected chi connectivity index (χ0v) is 23.0. The Bertz CT molecular complexity index is 1500. The van der Waals surface area contributed by atoms with Crippen molar-refractivity contribution >= 4 is 16.6 Å². The molecule has 1 aliphatic heterocycles. The number of benzene rings is 2. The van der Waals surface area contributed by atoms with Gasteiger partial charge in [0.1, 0.15) is 6.04 Å². The molecule has 194 valence electrons. The van der Waals surface area contributed by atoms with Crippen LogP contribution < -0.4 is 10.5 Å². The standard InChI is InChI=1S/C29H37N7O/c1-18-15-20(3)22-17-23(28(37)30-24(22)16-18)26(27-31-32-33-36(27)29(5,6)7)35-13-11-34(12-14-35)25-10-8-9-19(2)21(25)4/h8-10,15-17,26H,11-14H2,1-7H3,(H,30,37). The van der Waals surface area contributed by atoms with Crippen LogP contribution in [0.4, 0.5) is 5.69 Å². The Labute approximate surface area is 218 Å². The molecule has 0 saturated carbocycles. The lowest BCUT2D eigenvalue weighted by molar-refractivity contribution is 0.190. The molecule has 2 aromatic heterocycles. The third-order valence-electron chi connectivity index (χ3n) is 7.61. The molecule has 0 aliphatic carbocycles. The zero-order chi connectivity index (χ0) is 26.5. The molecule has 1 unspecified atom stereocenters. The highest BCUT2D eigenvalue weighted by atomic mass is 16.1. The maximum absolute atomic E-state index is 13.6. The van der Waals surface area contributed by atoms with Gasteiger partial charge in [0.2, 0.25) is 0 Å². The normalized spacial score (nSPS) is 15.9. The highest BCUT2D eigenvalue weighted by Crippen LogP contribution is 2.32. The highest BCUT2D eigenvalue weighted by molar-refractivity contribution is 5.83. The first kappa shape index (κ1) is 25.1. The summed E-state index contributed by atoms with van der Waals surface area (Å²) in [5.74, 6) is 0.697. The molecule has 37 heavy (non-hydrogen) atoms. The molecule has 3 heterocycles. The monoisotopic (exact) mass is 499 g/mol. The van der Waals surface area contributed by atoms with Crippen LogP contribution in [0.15, 0.2) is 41.2 Å². The Morgan fingerprint density at radius 2 is 1.68 bits per heavy atom. The van der Waals surface area contributed by atoms with Crippen molar-refractivity contribution in [2.24, 2.45) is 0 Å². The molecule has 0 bridgehead atoms. The first-order chi connectivity index (χ1) is 17.5. The number of nitrogens with one attached hydrogen (secondary N) is 1. The number of piperazine rings is 1. The van der Waals surface area contributed by atoms with Gasteiger partial charge in [-0.25, -0.2) is 4.68 Å². The van der Waals surface area contributed by atoms with Gasteiger partial charge in [-0.1, -0.05) is 18.2 Å². The first-order valence-corrected chi connectivity index (χ1v) is 13.0. The van der Waals surface area contributed by atoms with Crippen LogP contribution in [-0.4, -0.2) is 56.3 Å². The average Bonchev–Trinajstić information content (AvgIpc) is 3.32. The van der Waals surface area contributed by atoms with Gasteiger partial charge in [-0.05, 0) is 99.3 Å². The third-order valence-corrected chi connectivity index (χ3v) is 7.61. The largest absolute Gasteiger partial charge is 0.369 e. The fourth-order valence-electron chi connectivity index (χ4n) is 5.53. The number of hydrogen-bond acceptors (Lipinski definition) is 6. The molecule has 5 rings (SSSR count). The Hall–Kier alpha value is -3.52. The molecule has 8 nitrogen and oxygen atoms in total. The van der Waals surface area contributed by atoms with Crippen molar-refractivity contribution in [1.29, 1.82) is 0 Å². The van der Waals surface area contributed by atoms with Crippen LogP contribution in [0, 0.1) is 27.7 Å². The van der Waals surface area contributed by atoms with Crippen molar-refractivity contribution in [3.63, 3.8) is 0 Å². The van der Waals surface area contributed by atoms with Crippen molar-refractivity contribution in [2.45, 2.75) is 60.0 Å². The van der Waals surface area contributed by atoms with E-state index in [0.29, 0.717) is 11.4 Å². The van der Waals surface area contributed by atoms with Gasteiger partial charge in [-0.3, -0.25) is 9.69 Å². The Balaban J connectivity index is 1.58. The van der Waals surface area contributed by atoms with Gasteiger partial charge in [-0.2, -0.15) is 0 Å². The van der Waals surface area contributed by atoms with Crippen molar-refractivity contribution in [3.05, 3.63) is 80.4 Å². The maximum Gasteiger partial charge on any atom is 0.253 e. The highest BCUT2D eigenvalue weighted by Gasteiger charge is 2.35. The van der Waals surface area contributed by atoms with Crippen LogP contribution in [0.3, 0.4) is 0 Å². The Morgan fingerprint density at radius 3 is 2.38 bits per heavy atom. The van der Waals surface area contributed by atoms with Crippen LogP contribution in [0.1, 0.15) is 60.5 Å². The average molecular weight is 500 g/mol. The van der Waals surface area contributed by atoms with Crippen LogP contribution >= 0.6 is 0 Å². The Morgan fingerprint density at radius 1 is 0.946 bits per heavy atom. The minimum absolute atomic E-state index is 0.0945. The number of rotatable bonds is 4. The van der Waals surface area contributed by atoms with Gasteiger partial charge in [-0.15, -0.1) is 5.10 Å². The van der Waals surface area contributed by atoms with Crippen molar-refractivity contribution in [2.75, 3.05) is 31.1 Å². The summed E-state index contributed by atoms with van der Waals surface area (Å²) in [5.41, 5.74) is 7.30. The predicted octanol–water partition coefficient (Wildman–Crippen LogP) is 4.41. The first-order valence-electron chi connectivity index (χ1n) is 13.0. The second-order valence-corrected chi connectivity index (χ2v) is 11.4. The van der Waals surface area contributed by atoms with E-state index in [0.717, 1.165) is 48.2 Å². The summed E-state index contributed by atoms with van der Waals surface area (Å²) >= 11 is 0. The van der Waals surface area contributed by atoms with E-state index in [1.54, 1.807) is 0 Å². The van der Waals surface area contributed by atoms with E-state index in [2.05, 4.69) is 96.1 Å². The summed E-state index contributed by atoms with van der Waals surface area (Å²) in [6.07, 6.45) is 0. The third kappa shape index (κ3) is 4.66. The number of pyridine rings is 1. The molecular formula is C29H37N7O. The molecule has 2 aromatic carbocycles. The number of aryl methyl sites for hydroxylation is 3. The second kappa shape index (κ2) is 9.41. The fourth-order valence-corrected chi connectivity index (χ4v) is 5.53. The number of anilines is 1. The summed E-state index contributed by atoms with van der Waals surface area (Å²) in [5, 5.41) is 13.9. The summed E-state index contributed by atoms with van der Waals surface area (Å²) in [6.45, 7) is 18.0. The summed E-state index contributed by atoms with van der Waals surface area (Å²) < 4.78 is 1.86. The smallest absolute Gasteiger partial charge is 0.253 e. The number of H-pyrrole nitrogens is 1. The van der Waals surface area contributed by atoms with Gasteiger partial charge >= 0.3 is 0 Å².